The van der Waals surface area contributed by atoms with Gasteiger partial charge in [-0.2, -0.15) is 4.98 Å². The fraction of sp³-hybridized carbons (Fsp3) is 0.357. The number of carbonyl (C=O) groups excluding carboxylic acids is 1. The van der Waals surface area contributed by atoms with E-state index in [4.69, 9.17) is 14.9 Å². The normalized spacial score (nSPS) is 16.7. The van der Waals surface area contributed by atoms with Crippen LogP contribution < -0.4 is 21.5 Å². The zero-order chi connectivity index (χ0) is 29.2. The predicted molar refractivity (Wildman–Crippen MR) is 146 cm³/mol. The molecule has 0 radical (unpaired) electrons. The van der Waals surface area contributed by atoms with Gasteiger partial charge in [0.25, 0.3) is 11.5 Å². The monoisotopic (exact) mass is 567 g/mol. The van der Waals surface area contributed by atoms with E-state index in [0.29, 0.717) is 22.0 Å². The Morgan fingerprint density at radius 1 is 1.17 bits per heavy atom. The molecule has 1 saturated heterocycles. The van der Waals surface area contributed by atoms with Gasteiger partial charge in [0.1, 0.15) is 17.2 Å². The third-order valence-electron chi connectivity index (χ3n) is 7.94. The largest absolute Gasteiger partial charge is 0.465 e. The number of oxazole rings is 1. The summed E-state index contributed by atoms with van der Waals surface area (Å²) in [7, 11) is 1.40. The van der Waals surface area contributed by atoms with E-state index in [2.05, 4.69) is 10.3 Å². The van der Waals surface area contributed by atoms with Crippen LogP contribution in [0.4, 0.5) is 25.3 Å². The summed E-state index contributed by atoms with van der Waals surface area (Å²) in [6.45, 7) is 2.09. The lowest BCUT2D eigenvalue weighted by Crippen LogP contribution is -2.61. The Kier molecular flexibility index (Phi) is 6.21. The molecular formula is C28H27F2N5O6. The summed E-state index contributed by atoms with van der Waals surface area (Å²) in [5.74, 6) is -2.06. The zero-order valence-electron chi connectivity index (χ0n) is 22.3. The van der Waals surface area contributed by atoms with E-state index in [-0.39, 0.29) is 60.5 Å². The molecule has 2 aliphatic rings. The molecule has 0 bridgehead atoms. The molecule has 2 aromatic heterocycles. The number of nitrogens with zero attached hydrogens (tertiary/aromatic N) is 3. The first-order chi connectivity index (χ1) is 19.5. The topological polar surface area (TPSA) is 153 Å². The lowest BCUT2D eigenvalue weighted by atomic mass is 9.88. The van der Waals surface area contributed by atoms with Gasteiger partial charge in [-0.3, -0.25) is 14.5 Å². The second-order valence-corrected chi connectivity index (χ2v) is 10.6. The number of nitrogen functional groups attached to an aromatic ring is 1. The minimum absolute atomic E-state index is 0.00210. The standard InChI is InChI=1S/C28H27F2N5O6/c1-13-15(17-11-19(30)20(31)12-18(17)29)5-6-16-22(13)35(14-3-4-14)24(36)21-23(16)41-26(32-21)34(2)25(37)28(33-27(38)39)7-9-40-10-8-28/h5-6,11-12,14,33H,3-4,7-10,31H2,1-2H3,(H,38,39). The van der Waals surface area contributed by atoms with Crippen LogP contribution in [0.3, 0.4) is 0 Å². The highest BCUT2D eigenvalue weighted by Gasteiger charge is 2.45. The van der Waals surface area contributed by atoms with E-state index in [1.807, 2.05) is 0 Å². The van der Waals surface area contributed by atoms with Crippen molar-refractivity contribution in [1.82, 2.24) is 14.9 Å². The Balaban J connectivity index is 1.52. The van der Waals surface area contributed by atoms with Crippen LogP contribution in [0.15, 0.2) is 33.5 Å². The Morgan fingerprint density at radius 2 is 1.88 bits per heavy atom. The summed E-state index contributed by atoms with van der Waals surface area (Å²) in [6.07, 6.45) is 0.385. The van der Waals surface area contributed by atoms with Crippen LogP contribution in [0.2, 0.25) is 0 Å². The van der Waals surface area contributed by atoms with Crippen LogP contribution in [0.1, 0.15) is 37.3 Å². The van der Waals surface area contributed by atoms with Crippen LogP contribution in [0.5, 0.6) is 0 Å². The number of nitrogens with two attached hydrogens (primary N) is 1. The Hall–Kier alpha value is -4.52. The Labute approximate surface area is 231 Å². The van der Waals surface area contributed by atoms with Crippen molar-refractivity contribution < 1.29 is 32.6 Å². The number of benzene rings is 2. The number of rotatable bonds is 5. The van der Waals surface area contributed by atoms with E-state index in [1.165, 1.54) is 7.05 Å². The molecule has 4 aromatic rings. The van der Waals surface area contributed by atoms with Crippen LogP contribution >= 0.6 is 0 Å². The third kappa shape index (κ3) is 4.27. The molecule has 2 aromatic carbocycles. The first kappa shape index (κ1) is 26.7. The number of fused-ring (bicyclic) bond motifs is 3. The maximum Gasteiger partial charge on any atom is 0.405 e. The van der Waals surface area contributed by atoms with Crippen molar-refractivity contribution in [3.63, 3.8) is 0 Å². The van der Waals surface area contributed by atoms with Gasteiger partial charge in [0.15, 0.2) is 11.1 Å². The maximum atomic E-state index is 14.9. The molecule has 13 heteroatoms. The number of likely N-dealkylation sites (N-methyl/N-ethyl adjacent to an activating group) is 1. The lowest BCUT2D eigenvalue weighted by Gasteiger charge is -2.37. The van der Waals surface area contributed by atoms with E-state index in [0.717, 1.165) is 29.9 Å². The first-order valence-corrected chi connectivity index (χ1v) is 13.1. The number of carboxylic acid groups (broad SMARTS) is 1. The number of anilines is 2. The molecule has 2 amide bonds. The number of aromatic nitrogens is 2. The van der Waals surface area contributed by atoms with Crippen LogP contribution in [0.25, 0.3) is 33.1 Å². The van der Waals surface area contributed by atoms with Gasteiger partial charge < -0.3 is 29.9 Å². The molecule has 0 unspecified atom stereocenters. The van der Waals surface area contributed by atoms with E-state index in [9.17, 15) is 28.3 Å². The number of aryl methyl sites for hydroxylation is 1. The quantitative estimate of drug-likeness (QED) is 0.305. The van der Waals surface area contributed by atoms with Crippen molar-refractivity contribution in [3.05, 3.63) is 51.8 Å². The SMILES string of the molecule is Cc1c(-c2cc(F)c(N)cc2F)ccc2c3oc(N(C)C(=O)C4(NC(=O)O)CCOCC4)nc3c(=O)n(C3CC3)c12. The van der Waals surface area contributed by atoms with Crippen molar-refractivity contribution in [1.29, 1.82) is 0 Å². The molecule has 1 aliphatic carbocycles. The van der Waals surface area contributed by atoms with Crippen LogP contribution in [-0.2, 0) is 9.53 Å². The number of ether oxygens (including phenoxy) is 1. The fourth-order valence-electron chi connectivity index (χ4n) is 5.66. The van der Waals surface area contributed by atoms with Gasteiger partial charge in [0, 0.05) is 56.2 Å². The van der Waals surface area contributed by atoms with E-state index in [1.54, 1.807) is 23.6 Å². The highest BCUT2D eigenvalue weighted by Crippen LogP contribution is 2.41. The minimum atomic E-state index is -1.44. The van der Waals surface area contributed by atoms with E-state index >= 15 is 0 Å². The summed E-state index contributed by atoms with van der Waals surface area (Å²) in [5, 5.41) is 12.3. The fourth-order valence-corrected chi connectivity index (χ4v) is 5.66. The smallest absolute Gasteiger partial charge is 0.405 e. The van der Waals surface area contributed by atoms with Crippen molar-refractivity contribution in [3.8, 4) is 11.1 Å². The van der Waals surface area contributed by atoms with Gasteiger partial charge in [-0.25, -0.2) is 13.6 Å². The third-order valence-corrected chi connectivity index (χ3v) is 7.94. The molecule has 1 aliphatic heterocycles. The van der Waals surface area contributed by atoms with Crippen molar-refractivity contribution in [2.45, 2.75) is 44.2 Å². The van der Waals surface area contributed by atoms with Gasteiger partial charge in [-0.1, -0.05) is 6.07 Å². The van der Waals surface area contributed by atoms with Gasteiger partial charge in [0.2, 0.25) is 0 Å². The molecule has 0 spiro atoms. The van der Waals surface area contributed by atoms with Gasteiger partial charge in [0.05, 0.1) is 11.2 Å². The van der Waals surface area contributed by atoms with Gasteiger partial charge >= 0.3 is 12.1 Å². The zero-order valence-corrected chi connectivity index (χ0v) is 22.3. The number of hydrogen-bond acceptors (Lipinski definition) is 7. The number of carbonyl (C=O) groups is 2. The number of nitrogens with one attached hydrogen (secondary N) is 1. The average molecular weight is 568 g/mol. The minimum Gasteiger partial charge on any atom is -0.465 e. The van der Waals surface area contributed by atoms with Gasteiger partial charge in [-0.05, 0) is 43.0 Å². The number of hydrogen-bond donors (Lipinski definition) is 3. The molecule has 3 heterocycles. The summed E-state index contributed by atoms with van der Waals surface area (Å²) >= 11 is 0. The summed E-state index contributed by atoms with van der Waals surface area (Å²) in [5.41, 5.74) is 4.87. The number of amides is 2. The van der Waals surface area contributed by atoms with Crippen LogP contribution in [-0.4, -0.2) is 52.5 Å². The second-order valence-electron chi connectivity index (χ2n) is 10.6. The molecular weight excluding hydrogens is 540 g/mol. The molecule has 2 fully saturated rings. The predicted octanol–water partition coefficient (Wildman–Crippen LogP) is 4.09. The number of halogens is 2. The van der Waals surface area contributed by atoms with E-state index < -0.39 is 34.7 Å². The van der Waals surface area contributed by atoms with Crippen molar-refractivity contribution >= 4 is 45.7 Å². The molecule has 41 heavy (non-hydrogen) atoms. The van der Waals surface area contributed by atoms with Crippen LogP contribution in [0, 0.1) is 18.6 Å². The van der Waals surface area contributed by atoms with Crippen molar-refractivity contribution in [2.24, 2.45) is 0 Å². The lowest BCUT2D eigenvalue weighted by molar-refractivity contribution is -0.128. The first-order valence-electron chi connectivity index (χ1n) is 13.1. The highest BCUT2D eigenvalue weighted by molar-refractivity contribution is 6.06. The second kappa shape index (κ2) is 9.54. The van der Waals surface area contributed by atoms with Crippen molar-refractivity contribution in [2.75, 3.05) is 30.9 Å². The Morgan fingerprint density at radius 3 is 2.54 bits per heavy atom. The Bertz CT molecular complexity index is 1810. The molecule has 11 nitrogen and oxygen atoms in total. The summed E-state index contributed by atoms with van der Waals surface area (Å²) < 4.78 is 42.2. The number of pyridine rings is 1. The average Bonchev–Trinajstić information content (AvgIpc) is 3.67. The maximum absolute atomic E-state index is 14.9. The molecule has 214 valence electrons. The molecule has 1 saturated carbocycles. The molecule has 4 N–H and O–H groups in total. The molecule has 0 atom stereocenters. The summed E-state index contributed by atoms with van der Waals surface area (Å²) in [4.78, 5) is 44.4. The summed E-state index contributed by atoms with van der Waals surface area (Å²) in [6, 6.07) is 4.92. The van der Waals surface area contributed by atoms with Gasteiger partial charge in [-0.15, -0.1) is 0 Å². The molecule has 6 rings (SSSR count). The highest BCUT2D eigenvalue weighted by atomic mass is 19.1.